The lowest BCUT2D eigenvalue weighted by Gasteiger charge is -2.32. The highest BCUT2D eigenvalue weighted by atomic mass is 16.5. The molecule has 1 fully saturated rings. The summed E-state index contributed by atoms with van der Waals surface area (Å²) in [5.74, 6) is 1.50. The zero-order chi connectivity index (χ0) is 25.2. The van der Waals surface area contributed by atoms with E-state index in [-0.39, 0.29) is 0 Å². The second-order valence-corrected chi connectivity index (χ2v) is 9.53. The van der Waals surface area contributed by atoms with Crippen molar-refractivity contribution in [1.29, 1.82) is 0 Å². The number of benzene rings is 4. The molecular weight excluding hydrogens is 464 g/mol. The number of aromatic nitrogens is 4. The van der Waals surface area contributed by atoms with Crippen LogP contribution in [0.4, 0.5) is 0 Å². The van der Waals surface area contributed by atoms with Crippen molar-refractivity contribution in [3.05, 3.63) is 96.1 Å². The standard InChI is InChI=1S/C30H28N4O3/c1-34-29(31-32-33-34)24-17-23-10-11-26(19-28(23)27(18-24)22-7-3-2-4-8-22)37-20-21-6-5-9-25(16-21)30(35)12-14-36-15-13-30/h2-11,16-19,35H,12-15,20H2,1H3. The minimum atomic E-state index is -0.836. The highest BCUT2D eigenvalue weighted by Crippen LogP contribution is 2.36. The molecule has 0 atom stereocenters. The number of aryl methyl sites for hydroxylation is 1. The third kappa shape index (κ3) is 4.71. The smallest absolute Gasteiger partial charge is 0.181 e. The summed E-state index contributed by atoms with van der Waals surface area (Å²) in [6.07, 6.45) is 1.22. The normalized spacial score (nSPS) is 15.1. The van der Waals surface area contributed by atoms with Crippen molar-refractivity contribution in [2.24, 2.45) is 7.05 Å². The molecule has 7 heteroatoms. The number of fused-ring (bicyclic) bond motifs is 1. The highest BCUT2D eigenvalue weighted by Gasteiger charge is 2.31. The molecule has 37 heavy (non-hydrogen) atoms. The molecule has 4 aromatic carbocycles. The Morgan fingerprint density at radius 3 is 2.54 bits per heavy atom. The van der Waals surface area contributed by atoms with Crippen LogP contribution < -0.4 is 4.74 Å². The summed E-state index contributed by atoms with van der Waals surface area (Å²) < 4.78 is 13.4. The van der Waals surface area contributed by atoms with E-state index in [0.29, 0.717) is 38.5 Å². The molecule has 1 saturated heterocycles. The molecule has 0 saturated carbocycles. The average molecular weight is 493 g/mol. The molecule has 5 aromatic rings. The van der Waals surface area contributed by atoms with Crippen LogP contribution in [0.1, 0.15) is 24.0 Å². The molecule has 1 aliphatic heterocycles. The molecule has 1 N–H and O–H groups in total. The maximum atomic E-state index is 11.1. The van der Waals surface area contributed by atoms with Gasteiger partial charge in [-0.15, -0.1) is 5.10 Å². The fourth-order valence-corrected chi connectivity index (χ4v) is 5.00. The Kier molecular flexibility index (Phi) is 6.16. The molecule has 186 valence electrons. The molecule has 0 amide bonds. The van der Waals surface area contributed by atoms with Crippen LogP contribution in [-0.4, -0.2) is 38.5 Å². The molecule has 1 aliphatic rings. The van der Waals surface area contributed by atoms with Gasteiger partial charge in [-0.05, 0) is 73.8 Å². The number of ether oxygens (including phenoxy) is 2. The van der Waals surface area contributed by atoms with Crippen molar-refractivity contribution in [2.45, 2.75) is 25.0 Å². The number of aliphatic hydroxyl groups is 1. The maximum Gasteiger partial charge on any atom is 0.181 e. The molecule has 7 nitrogen and oxygen atoms in total. The molecule has 2 heterocycles. The van der Waals surface area contributed by atoms with Gasteiger partial charge >= 0.3 is 0 Å². The first kappa shape index (κ1) is 23.3. The largest absolute Gasteiger partial charge is 0.489 e. The number of tetrazole rings is 1. The van der Waals surface area contributed by atoms with Gasteiger partial charge in [0.15, 0.2) is 5.82 Å². The lowest BCUT2D eigenvalue weighted by molar-refractivity contribution is -0.0679. The first-order valence-electron chi connectivity index (χ1n) is 12.5. The third-order valence-corrected chi connectivity index (χ3v) is 7.08. The Morgan fingerprint density at radius 1 is 0.919 bits per heavy atom. The van der Waals surface area contributed by atoms with Crippen molar-refractivity contribution in [1.82, 2.24) is 20.2 Å². The SMILES string of the molecule is Cn1nnnc1-c1cc(-c2ccccc2)c2cc(OCc3cccc(C4(O)CCOCC4)c3)ccc2c1. The lowest BCUT2D eigenvalue weighted by Crippen LogP contribution is -2.33. The molecule has 0 bridgehead atoms. The first-order chi connectivity index (χ1) is 18.1. The van der Waals surface area contributed by atoms with Gasteiger partial charge in [-0.25, -0.2) is 4.68 Å². The van der Waals surface area contributed by atoms with E-state index in [1.54, 1.807) is 4.68 Å². The number of nitrogens with zero attached hydrogens (tertiary/aromatic N) is 4. The van der Waals surface area contributed by atoms with Crippen LogP contribution in [0.25, 0.3) is 33.3 Å². The van der Waals surface area contributed by atoms with Gasteiger partial charge in [-0.2, -0.15) is 0 Å². The summed E-state index contributed by atoms with van der Waals surface area (Å²) in [5, 5.41) is 25.3. The zero-order valence-corrected chi connectivity index (χ0v) is 20.7. The summed E-state index contributed by atoms with van der Waals surface area (Å²) in [7, 11) is 1.84. The molecular formula is C30H28N4O3. The minimum Gasteiger partial charge on any atom is -0.489 e. The quantitative estimate of drug-likeness (QED) is 0.348. The van der Waals surface area contributed by atoms with Crippen molar-refractivity contribution in [3.8, 4) is 28.3 Å². The van der Waals surface area contributed by atoms with E-state index in [9.17, 15) is 5.11 Å². The first-order valence-corrected chi connectivity index (χ1v) is 12.5. The Morgan fingerprint density at radius 2 is 1.76 bits per heavy atom. The predicted molar refractivity (Wildman–Crippen MR) is 142 cm³/mol. The topological polar surface area (TPSA) is 82.3 Å². The molecule has 1 aromatic heterocycles. The summed E-state index contributed by atoms with van der Waals surface area (Å²) >= 11 is 0. The van der Waals surface area contributed by atoms with E-state index in [2.05, 4.69) is 51.9 Å². The Bertz CT molecular complexity index is 1540. The zero-order valence-electron chi connectivity index (χ0n) is 20.7. The molecule has 0 aliphatic carbocycles. The Balaban J connectivity index is 1.32. The Labute approximate surface area is 215 Å². The van der Waals surface area contributed by atoms with E-state index >= 15 is 0 Å². The van der Waals surface area contributed by atoms with Crippen molar-refractivity contribution >= 4 is 10.8 Å². The van der Waals surface area contributed by atoms with Gasteiger partial charge in [0, 0.05) is 38.7 Å². The van der Waals surface area contributed by atoms with E-state index in [1.807, 2.05) is 55.6 Å². The monoisotopic (exact) mass is 492 g/mol. The summed E-state index contributed by atoms with van der Waals surface area (Å²) in [6, 6.07) is 28.7. The second kappa shape index (κ2) is 9.76. The summed E-state index contributed by atoms with van der Waals surface area (Å²) in [6.45, 7) is 1.56. The van der Waals surface area contributed by atoms with Crippen LogP contribution in [0.5, 0.6) is 5.75 Å². The van der Waals surface area contributed by atoms with E-state index < -0.39 is 5.60 Å². The van der Waals surface area contributed by atoms with Crippen LogP contribution in [0, 0.1) is 0 Å². The fourth-order valence-electron chi connectivity index (χ4n) is 5.00. The van der Waals surface area contributed by atoms with Crippen molar-refractivity contribution in [2.75, 3.05) is 13.2 Å². The number of rotatable bonds is 6. The Hall–Kier alpha value is -4.07. The lowest BCUT2D eigenvalue weighted by atomic mass is 9.86. The maximum absolute atomic E-state index is 11.1. The minimum absolute atomic E-state index is 0.412. The molecule has 0 unspecified atom stereocenters. The second-order valence-electron chi connectivity index (χ2n) is 9.53. The van der Waals surface area contributed by atoms with Crippen molar-refractivity contribution in [3.63, 3.8) is 0 Å². The van der Waals surface area contributed by atoms with Gasteiger partial charge in [0.25, 0.3) is 0 Å². The number of hydrogen-bond donors (Lipinski definition) is 1. The molecule has 0 spiro atoms. The van der Waals surface area contributed by atoms with E-state index in [4.69, 9.17) is 9.47 Å². The van der Waals surface area contributed by atoms with Gasteiger partial charge in [-0.1, -0.05) is 54.6 Å². The van der Waals surface area contributed by atoms with Gasteiger partial charge in [0.2, 0.25) is 0 Å². The van der Waals surface area contributed by atoms with Gasteiger partial charge in [0.05, 0.1) is 5.60 Å². The molecule has 6 rings (SSSR count). The van der Waals surface area contributed by atoms with Gasteiger partial charge in [0.1, 0.15) is 12.4 Å². The fraction of sp³-hybridized carbons (Fsp3) is 0.233. The van der Waals surface area contributed by atoms with Crippen LogP contribution in [-0.2, 0) is 24.0 Å². The van der Waals surface area contributed by atoms with E-state index in [1.165, 1.54) is 0 Å². The van der Waals surface area contributed by atoms with Gasteiger partial charge in [-0.3, -0.25) is 0 Å². The average Bonchev–Trinajstić information content (AvgIpc) is 3.38. The number of hydrogen-bond acceptors (Lipinski definition) is 6. The van der Waals surface area contributed by atoms with Crippen LogP contribution in [0.15, 0.2) is 84.9 Å². The summed E-state index contributed by atoms with van der Waals surface area (Å²) in [5.41, 5.74) is 4.26. The van der Waals surface area contributed by atoms with Crippen LogP contribution in [0.2, 0.25) is 0 Å². The molecule has 0 radical (unpaired) electrons. The predicted octanol–water partition coefficient (Wildman–Crippen LogP) is 5.27. The third-order valence-electron chi connectivity index (χ3n) is 7.08. The van der Waals surface area contributed by atoms with Crippen LogP contribution in [0.3, 0.4) is 0 Å². The van der Waals surface area contributed by atoms with Crippen LogP contribution >= 0.6 is 0 Å². The van der Waals surface area contributed by atoms with Gasteiger partial charge < -0.3 is 14.6 Å². The van der Waals surface area contributed by atoms with Crippen molar-refractivity contribution < 1.29 is 14.6 Å². The highest BCUT2D eigenvalue weighted by molar-refractivity contribution is 6.00. The van der Waals surface area contributed by atoms with E-state index in [0.717, 1.165) is 44.3 Å². The summed E-state index contributed by atoms with van der Waals surface area (Å²) in [4.78, 5) is 0.